The van der Waals surface area contributed by atoms with Crippen molar-refractivity contribution >= 4 is 0 Å². The van der Waals surface area contributed by atoms with Gasteiger partial charge in [0, 0.05) is 0 Å². The predicted molar refractivity (Wildman–Crippen MR) is 57.7 cm³/mol. The van der Waals surface area contributed by atoms with E-state index in [1.807, 2.05) is 0 Å². The van der Waals surface area contributed by atoms with Crippen LogP contribution in [0.1, 0.15) is 24.5 Å². The van der Waals surface area contributed by atoms with E-state index in [0.717, 1.165) is 19.4 Å². The summed E-state index contributed by atoms with van der Waals surface area (Å²) >= 11 is 0. The quantitative estimate of drug-likeness (QED) is 0.751. The topological polar surface area (TPSA) is 26.0 Å². The lowest BCUT2D eigenvalue weighted by Gasteiger charge is -2.11. The second-order valence-corrected chi connectivity index (χ2v) is 3.81. The molecular weight excluding hydrogens is 158 g/mol. The Bertz CT molecular complexity index is 255. The van der Waals surface area contributed by atoms with Crippen LogP contribution in [0.15, 0.2) is 24.3 Å². The summed E-state index contributed by atoms with van der Waals surface area (Å²) in [5, 5.41) is 0. The summed E-state index contributed by atoms with van der Waals surface area (Å²) in [4.78, 5) is 0. The zero-order chi connectivity index (χ0) is 9.68. The third kappa shape index (κ3) is 3.19. The predicted octanol–water partition coefficient (Wildman–Crippen LogP) is 2.52. The van der Waals surface area contributed by atoms with E-state index in [4.69, 9.17) is 5.73 Å². The third-order valence-electron chi connectivity index (χ3n) is 2.49. The molecule has 1 nitrogen and oxygen atoms in total. The highest BCUT2D eigenvalue weighted by Gasteiger charge is 2.03. The summed E-state index contributed by atoms with van der Waals surface area (Å²) < 4.78 is 0. The van der Waals surface area contributed by atoms with Gasteiger partial charge < -0.3 is 5.73 Å². The van der Waals surface area contributed by atoms with E-state index in [0.29, 0.717) is 5.92 Å². The maximum Gasteiger partial charge on any atom is -0.00746 e. The zero-order valence-corrected chi connectivity index (χ0v) is 8.59. The van der Waals surface area contributed by atoms with E-state index in [2.05, 4.69) is 38.1 Å². The van der Waals surface area contributed by atoms with Crippen LogP contribution < -0.4 is 5.73 Å². The van der Waals surface area contributed by atoms with Crippen molar-refractivity contribution in [2.24, 2.45) is 11.7 Å². The van der Waals surface area contributed by atoms with Crippen molar-refractivity contribution < 1.29 is 0 Å². The van der Waals surface area contributed by atoms with E-state index < -0.39 is 0 Å². The van der Waals surface area contributed by atoms with Gasteiger partial charge in [-0.25, -0.2) is 0 Å². The van der Waals surface area contributed by atoms with Gasteiger partial charge in [-0.2, -0.15) is 0 Å². The van der Waals surface area contributed by atoms with Crippen LogP contribution in [0.4, 0.5) is 0 Å². The summed E-state index contributed by atoms with van der Waals surface area (Å²) in [6.07, 6.45) is 2.28. The number of nitrogens with two attached hydrogens (primary N) is 1. The molecule has 1 aromatic carbocycles. The maximum atomic E-state index is 5.52. The monoisotopic (exact) mass is 177 g/mol. The molecule has 0 spiro atoms. The molecule has 0 aliphatic rings. The Morgan fingerprint density at radius 3 is 2.62 bits per heavy atom. The number of aryl methyl sites for hydroxylation is 1. The van der Waals surface area contributed by atoms with Gasteiger partial charge in [0.05, 0.1) is 0 Å². The normalized spacial score (nSPS) is 12.8. The third-order valence-corrected chi connectivity index (χ3v) is 2.49. The van der Waals surface area contributed by atoms with Gasteiger partial charge in [-0.3, -0.25) is 0 Å². The number of hydrogen-bond donors (Lipinski definition) is 1. The van der Waals surface area contributed by atoms with Crippen molar-refractivity contribution in [3.63, 3.8) is 0 Å². The Morgan fingerprint density at radius 1 is 1.31 bits per heavy atom. The lowest BCUT2D eigenvalue weighted by molar-refractivity contribution is 0.537. The van der Waals surface area contributed by atoms with Crippen LogP contribution in [0.2, 0.25) is 0 Å². The Balaban J connectivity index is 2.58. The van der Waals surface area contributed by atoms with Gasteiger partial charge in [-0.05, 0) is 43.4 Å². The fraction of sp³-hybridized carbons (Fsp3) is 0.500. The summed E-state index contributed by atoms with van der Waals surface area (Å²) in [5.41, 5.74) is 8.38. The first-order chi connectivity index (χ1) is 6.24. The Kier molecular flexibility index (Phi) is 3.97. The molecule has 72 valence electrons. The lowest BCUT2D eigenvalue weighted by Crippen LogP contribution is -2.08. The summed E-state index contributed by atoms with van der Waals surface area (Å²) in [5.74, 6) is 0.700. The molecule has 0 aliphatic carbocycles. The van der Waals surface area contributed by atoms with E-state index >= 15 is 0 Å². The van der Waals surface area contributed by atoms with E-state index in [1.165, 1.54) is 11.1 Å². The van der Waals surface area contributed by atoms with Crippen LogP contribution in [-0.2, 0) is 6.42 Å². The van der Waals surface area contributed by atoms with Gasteiger partial charge in [-0.1, -0.05) is 31.2 Å². The number of benzene rings is 1. The van der Waals surface area contributed by atoms with Gasteiger partial charge in [-0.15, -0.1) is 0 Å². The average molecular weight is 177 g/mol. The first-order valence-electron chi connectivity index (χ1n) is 4.98. The van der Waals surface area contributed by atoms with Crippen LogP contribution in [0.3, 0.4) is 0 Å². The molecule has 0 amide bonds. The highest BCUT2D eigenvalue weighted by atomic mass is 14.5. The highest BCUT2D eigenvalue weighted by Crippen LogP contribution is 2.14. The fourth-order valence-electron chi connectivity index (χ4n) is 1.60. The summed E-state index contributed by atoms with van der Waals surface area (Å²) in [6.45, 7) is 5.23. The van der Waals surface area contributed by atoms with Crippen LogP contribution in [0.5, 0.6) is 0 Å². The Morgan fingerprint density at radius 2 is 2.00 bits per heavy atom. The van der Waals surface area contributed by atoms with Gasteiger partial charge in [0.15, 0.2) is 0 Å². The SMILES string of the molecule is Cc1ccccc1CC(C)CCN. The Labute approximate surface area is 81.0 Å². The van der Waals surface area contributed by atoms with Crippen molar-refractivity contribution in [2.75, 3.05) is 6.54 Å². The minimum atomic E-state index is 0.700. The highest BCUT2D eigenvalue weighted by molar-refractivity contribution is 5.25. The molecule has 0 heterocycles. The van der Waals surface area contributed by atoms with E-state index in [1.54, 1.807) is 0 Å². The fourth-order valence-corrected chi connectivity index (χ4v) is 1.60. The smallest absolute Gasteiger partial charge is 0.00746 e. The molecular formula is C12H19N. The minimum absolute atomic E-state index is 0.700. The zero-order valence-electron chi connectivity index (χ0n) is 8.59. The molecule has 2 N–H and O–H groups in total. The molecule has 1 aromatic rings. The molecule has 1 unspecified atom stereocenters. The van der Waals surface area contributed by atoms with Crippen LogP contribution in [-0.4, -0.2) is 6.54 Å². The van der Waals surface area contributed by atoms with Gasteiger partial charge >= 0.3 is 0 Å². The van der Waals surface area contributed by atoms with Crippen molar-refractivity contribution in [3.8, 4) is 0 Å². The van der Waals surface area contributed by atoms with Gasteiger partial charge in [0.1, 0.15) is 0 Å². The van der Waals surface area contributed by atoms with E-state index in [9.17, 15) is 0 Å². The average Bonchev–Trinajstić information content (AvgIpc) is 2.09. The van der Waals surface area contributed by atoms with Gasteiger partial charge in [0.25, 0.3) is 0 Å². The molecule has 0 aliphatic heterocycles. The summed E-state index contributed by atoms with van der Waals surface area (Å²) in [6, 6.07) is 8.58. The maximum absolute atomic E-state index is 5.52. The second kappa shape index (κ2) is 5.03. The van der Waals surface area contributed by atoms with Crippen molar-refractivity contribution in [2.45, 2.75) is 26.7 Å². The number of rotatable bonds is 4. The molecule has 1 rings (SSSR count). The van der Waals surface area contributed by atoms with Crippen LogP contribution >= 0.6 is 0 Å². The van der Waals surface area contributed by atoms with Crippen molar-refractivity contribution in [1.82, 2.24) is 0 Å². The first kappa shape index (κ1) is 10.3. The molecule has 13 heavy (non-hydrogen) atoms. The Hall–Kier alpha value is -0.820. The summed E-state index contributed by atoms with van der Waals surface area (Å²) in [7, 11) is 0. The van der Waals surface area contributed by atoms with Gasteiger partial charge in [0.2, 0.25) is 0 Å². The van der Waals surface area contributed by atoms with Crippen LogP contribution in [0, 0.1) is 12.8 Å². The van der Waals surface area contributed by atoms with Crippen LogP contribution in [0.25, 0.3) is 0 Å². The molecule has 0 aromatic heterocycles. The molecule has 1 atom stereocenters. The number of hydrogen-bond acceptors (Lipinski definition) is 1. The first-order valence-corrected chi connectivity index (χ1v) is 4.98. The molecule has 0 radical (unpaired) electrons. The second-order valence-electron chi connectivity index (χ2n) is 3.81. The lowest BCUT2D eigenvalue weighted by atomic mass is 9.95. The van der Waals surface area contributed by atoms with Crippen molar-refractivity contribution in [3.05, 3.63) is 35.4 Å². The molecule has 0 saturated heterocycles. The molecule has 0 bridgehead atoms. The van der Waals surface area contributed by atoms with Crippen molar-refractivity contribution in [1.29, 1.82) is 0 Å². The molecule has 1 heteroatoms. The minimum Gasteiger partial charge on any atom is -0.330 e. The largest absolute Gasteiger partial charge is 0.330 e. The molecule has 0 fully saturated rings. The van der Waals surface area contributed by atoms with E-state index in [-0.39, 0.29) is 0 Å². The molecule has 0 saturated carbocycles. The standard InChI is InChI=1S/C12H19N/c1-10(7-8-13)9-12-6-4-3-5-11(12)2/h3-6,10H,7-9,13H2,1-2H3.